The first-order valence-corrected chi connectivity index (χ1v) is 10.4. The fraction of sp³-hybridized carbons (Fsp3) is 0.409. The topological polar surface area (TPSA) is 75.2 Å². The number of nitrogens with zero attached hydrogens (tertiary/aromatic N) is 4. The minimum atomic E-state index is 0.126. The standard InChI is InChI=1S/C22H26N6O/c1-2-11-28(10-1)17-5-3-16(4-6-17)19-13-20-21(25-8-7-24-20)22(27-19)26-15-18-14-23-9-12-29-18/h3-8,13,18,23H,1-2,9-12,14-15H2,(H,26,27)/t18-/m1/s1. The van der Waals surface area contributed by atoms with Gasteiger partial charge in [-0.15, -0.1) is 0 Å². The molecule has 5 rings (SSSR count). The molecule has 3 aromatic rings. The van der Waals surface area contributed by atoms with Gasteiger partial charge in [0.05, 0.1) is 23.9 Å². The number of fused-ring (bicyclic) bond motifs is 1. The zero-order chi connectivity index (χ0) is 19.5. The average molecular weight is 390 g/mol. The minimum Gasteiger partial charge on any atom is -0.374 e. The number of rotatable bonds is 5. The molecule has 0 aliphatic carbocycles. The Morgan fingerprint density at radius 1 is 1.10 bits per heavy atom. The Balaban J connectivity index is 1.42. The van der Waals surface area contributed by atoms with Crippen molar-refractivity contribution in [3.8, 4) is 11.3 Å². The van der Waals surface area contributed by atoms with Crippen LogP contribution < -0.4 is 15.5 Å². The van der Waals surface area contributed by atoms with Crippen LogP contribution in [0.25, 0.3) is 22.3 Å². The predicted molar refractivity (Wildman–Crippen MR) is 115 cm³/mol. The van der Waals surface area contributed by atoms with Gasteiger partial charge >= 0.3 is 0 Å². The van der Waals surface area contributed by atoms with E-state index in [1.54, 1.807) is 12.4 Å². The van der Waals surface area contributed by atoms with Crippen molar-refractivity contribution in [1.82, 2.24) is 20.3 Å². The number of nitrogens with one attached hydrogen (secondary N) is 2. The van der Waals surface area contributed by atoms with Crippen LogP contribution in [0.2, 0.25) is 0 Å². The van der Waals surface area contributed by atoms with Crippen molar-refractivity contribution in [2.45, 2.75) is 18.9 Å². The van der Waals surface area contributed by atoms with Crippen LogP contribution in [0, 0.1) is 0 Å². The van der Waals surface area contributed by atoms with E-state index in [0.717, 1.165) is 60.9 Å². The highest BCUT2D eigenvalue weighted by Crippen LogP contribution is 2.28. The highest BCUT2D eigenvalue weighted by atomic mass is 16.5. The second-order valence-electron chi connectivity index (χ2n) is 7.60. The summed E-state index contributed by atoms with van der Waals surface area (Å²) in [6.45, 7) is 5.47. The van der Waals surface area contributed by atoms with Crippen LogP contribution in [0.3, 0.4) is 0 Å². The molecular weight excluding hydrogens is 364 g/mol. The molecule has 150 valence electrons. The van der Waals surface area contributed by atoms with Gasteiger partial charge in [-0.25, -0.2) is 9.97 Å². The molecule has 4 heterocycles. The molecule has 7 nitrogen and oxygen atoms in total. The smallest absolute Gasteiger partial charge is 0.154 e. The summed E-state index contributed by atoms with van der Waals surface area (Å²) >= 11 is 0. The summed E-state index contributed by atoms with van der Waals surface area (Å²) in [6.07, 6.45) is 6.11. The van der Waals surface area contributed by atoms with Gasteiger partial charge in [0.2, 0.25) is 0 Å². The lowest BCUT2D eigenvalue weighted by molar-refractivity contribution is 0.0372. The van der Waals surface area contributed by atoms with Crippen LogP contribution in [0.15, 0.2) is 42.7 Å². The van der Waals surface area contributed by atoms with E-state index in [-0.39, 0.29) is 6.10 Å². The summed E-state index contributed by atoms with van der Waals surface area (Å²) in [7, 11) is 0. The number of aromatic nitrogens is 3. The quantitative estimate of drug-likeness (QED) is 0.694. The highest BCUT2D eigenvalue weighted by Gasteiger charge is 2.16. The minimum absolute atomic E-state index is 0.126. The molecule has 2 aromatic heterocycles. The number of ether oxygens (including phenoxy) is 1. The van der Waals surface area contributed by atoms with Crippen molar-refractivity contribution >= 4 is 22.5 Å². The Bertz CT molecular complexity index is 965. The second kappa shape index (κ2) is 8.31. The third-order valence-electron chi connectivity index (χ3n) is 5.59. The number of pyridine rings is 1. The predicted octanol–water partition coefficient (Wildman–Crippen LogP) is 2.69. The zero-order valence-corrected chi connectivity index (χ0v) is 16.5. The van der Waals surface area contributed by atoms with Gasteiger partial charge in [-0.05, 0) is 31.0 Å². The second-order valence-corrected chi connectivity index (χ2v) is 7.60. The number of benzene rings is 1. The first-order valence-electron chi connectivity index (χ1n) is 10.4. The summed E-state index contributed by atoms with van der Waals surface area (Å²) in [6, 6.07) is 10.7. The molecule has 0 amide bonds. The molecule has 0 unspecified atom stereocenters. The third kappa shape index (κ3) is 4.02. The first-order chi connectivity index (χ1) is 14.4. The maximum Gasteiger partial charge on any atom is 0.154 e. The van der Waals surface area contributed by atoms with Crippen molar-refractivity contribution in [2.24, 2.45) is 0 Å². The van der Waals surface area contributed by atoms with Gasteiger partial charge in [0.25, 0.3) is 0 Å². The fourth-order valence-electron chi connectivity index (χ4n) is 4.02. The number of anilines is 2. The van der Waals surface area contributed by atoms with Gasteiger partial charge in [-0.1, -0.05) is 12.1 Å². The van der Waals surface area contributed by atoms with Crippen molar-refractivity contribution in [1.29, 1.82) is 0 Å². The van der Waals surface area contributed by atoms with E-state index in [2.05, 4.69) is 49.8 Å². The third-order valence-corrected chi connectivity index (χ3v) is 5.59. The first kappa shape index (κ1) is 18.3. The van der Waals surface area contributed by atoms with Crippen molar-refractivity contribution in [3.05, 3.63) is 42.7 Å². The van der Waals surface area contributed by atoms with E-state index in [0.29, 0.717) is 6.54 Å². The average Bonchev–Trinajstić information content (AvgIpc) is 3.33. The molecule has 2 aliphatic heterocycles. The van der Waals surface area contributed by atoms with Gasteiger partial charge in [-0.2, -0.15) is 0 Å². The lowest BCUT2D eigenvalue weighted by Gasteiger charge is -2.24. The van der Waals surface area contributed by atoms with Crippen LogP contribution in [-0.4, -0.2) is 60.4 Å². The summed E-state index contributed by atoms with van der Waals surface area (Å²) < 4.78 is 5.80. The Kier molecular flexibility index (Phi) is 5.23. The van der Waals surface area contributed by atoms with Crippen molar-refractivity contribution in [2.75, 3.05) is 49.5 Å². The Labute approximate surface area is 170 Å². The molecule has 2 aliphatic rings. The zero-order valence-electron chi connectivity index (χ0n) is 16.5. The van der Waals surface area contributed by atoms with Gasteiger partial charge in [-0.3, -0.25) is 4.98 Å². The van der Waals surface area contributed by atoms with Crippen LogP contribution in [0.5, 0.6) is 0 Å². The number of hydrogen-bond acceptors (Lipinski definition) is 7. The molecule has 0 spiro atoms. The molecule has 1 atom stereocenters. The molecule has 0 radical (unpaired) electrons. The molecule has 2 N–H and O–H groups in total. The Hall–Kier alpha value is -2.77. The molecule has 29 heavy (non-hydrogen) atoms. The molecule has 0 saturated carbocycles. The summed E-state index contributed by atoms with van der Waals surface area (Å²) in [5.41, 5.74) is 4.89. The van der Waals surface area contributed by atoms with E-state index >= 15 is 0 Å². The summed E-state index contributed by atoms with van der Waals surface area (Å²) in [5.74, 6) is 0.753. The van der Waals surface area contributed by atoms with Crippen LogP contribution >= 0.6 is 0 Å². The lowest BCUT2D eigenvalue weighted by Crippen LogP contribution is -2.42. The largest absolute Gasteiger partial charge is 0.374 e. The van der Waals surface area contributed by atoms with Crippen LogP contribution in [-0.2, 0) is 4.74 Å². The molecule has 1 aromatic carbocycles. The molecular formula is C22H26N6O. The van der Waals surface area contributed by atoms with Crippen LogP contribution in [0.4, 0.5) is 11.5 Å². The normalized spacial score (nSPS) is 19.6. The molecule has 2 saturated heterocycles. The maximum absolute atomic E-state index is 5.80. The van der Waals surface area contributed by atoms with Gasteiger partial charge < -0.3 is 20.3 Å². The monoisotopic (exact) mass is 390 g/mol. The van der Waals surface area contributed by atoms with E-state index in [9.17, 15) is 0 Å². The van der Waals surface area contributed by atoms with E-state index in [4.69, 9.17) is 9.72 Å². The van der Waals surface area contributed by atoms with Crippen LogP contribution in [0.1, 0.15) is 12.8 Å². The summed E-state index contributed by atoms with van der Waals surface area (Å²) in [4.78, 5) is 16.3. The van der Waals surface area contributed by atoms with Gasteiger partial charge in [0, 0.05) is 56.4 Å². The fourth-order valence-corrected chi connectivity index (χ4v) is 4.02. The molecule has 7 heteroatoms. The SMILES string of the molecule is c1cnc2c(NC[C@H]3CNCCO3)nc(-c3ccc(N4CCCC4)cc3)cc2n1. The number of morpholine rings is 1. The Morgan fingerprint density at radius 3 is 2.72 bits per heavy atom. The number of hydrogen-bond donors (Lipinski definition) is 2. The van der Waals surface area contributed by atoms with E-state index < -0.39 is 0 Å². The highest BCUT2D eigenvalue weighted by molar-refractivity contribution is 5.88. The van der Waals surface area contributed by atoms with Gasteiger partial charge in [0.1, 0.15) is 5.52 Å². The van der Waals surface area contributed by atoms with E-state index in [1.807, 2.05) is 6.07 Å². The molecule has 2 fully saturated rings. The van der Waals surface area contributed by atoms with Crippen molar-refractivity contribution in [3.63, 3.8) is 0 Å². The maximum atomic E-state index is 5.80. The van der Waals surface area contributed by atoms with E-state index in [1.165, 1.54) is 18.5 Å². The van der Waals surface area contributed by atoms with Gasteiger partial charge in [0.15, 0.2) is 5.82 Å². The lowest BCUT2D eigenvalue weighted by atomic mass is 10.1. The molecule has 0 bridgehead atoms. The summed E-state index contributed by atoms with van der Waals surface area (Å²) in [5, 5.41) is 6.79. The Morgan fingerprint density at radius 2 is 1.93 bits per heavy atom. The van der Waals surface area contributed by atoms with Crippen molar-refractivity contribution < 1.29 is 4.74 Å².